The molecule has 116 valence electrons. The topological polar surface area (TPSA) is 41.6 Å². The number of morpholine rings is 1. The Morgan fingerprint density at radius 3 is 2.67 bits per heavy atom. The van der Waals surface area contributed by atoms with Gasteiger partial charge in [-0.2, -0.15) is 0 Å². The fraction of sp³-hybridized carbons (Fsp3) is 0.562. The van der Waals surface area contributed by atoms with Gasteiger partial charge in [0.1, 0.15) is 0 Å². The fourth-order valence-corrected chi connectivity index (χ4v) is 3.24. The largest absolute Gasteiger partial charge is 0.373 e. The first-order valence-electron chi connectivity index (χ1n) is 7.39. The number of ether oxygens (including phenoxy) is 1. The zero-order valence-electron chi connectivity index (χ0n) is 13.0. The number of nitrogens with one attached hydrogen (secondary N) is 1. The molecule has 5 heteroatoms. The number of thioether (sulfide) groups is 1. The van der Waals surface area contributed by atoms with Crippen LogP contribution in [0.4, 0.5) is 5.69 Å². The standard InChI is InChI=1S/C16H24N2O2S/c1-12-10-18(11-13(2)20-12)9-8-16(19)17-14-6-4-5-7-15(14)21-3/h4-7,12-13H,8-11H2,1-3H3,(H,17,19). The van der Waals surface area contributed by atoms with Crippen LogP contribution in [0.15, 0.2) is 29.2 Å². The molecular formula is C16H24N2O2S. The Morgan fingerprint density at radius 2 is 2.00 bits per heavy atom. The molecule has 1 heterocycles. The highest BCUT2D eigenvalue weighted by Crippen LogP contribution is 2.24. The average molecular weight is 308 g/mol. The van der Waals surface area contributed by atoms with Gasteiger partial charge < -0.3 is 10.1 Å². The van der Waals surface area contributed by atoms with Crippen LogP contribution in [0, 0.1) is 0 Å². The van der Waals surface area contributed by atoms with Crippen LogP contribution in [0.25, 0.3) is 0 Å². The Kier molecular flexibility index (Phi) is 6.08. The lowest BCUT2D eigenvalue weighted by Gasteiger charge is -2.35. The quantitative estimate of drug-likeness (QED) is 0.849. The van der Waals surface area contributed by atoms with Gasteiger partial charge in [0.15, 0.2) is 0 Å². The number of para-hydroxylation sites is 1. The van der Waals surface area contributed by atoms with Crippen LogP contribution in [-0.2, 0) is 9.53 Å². The van der Waals surface area contributed by atoms with Crippen molar-refractivity contribution in [1.29, 1.82) is 0 Å². The smallest absolute Gasteiger partial charge is 0.225 e. The summed E-state index contributed by atoms with van der Waals surface area (Å²) in [6, 6.07) is 7.90. The Morgan fingerprint density at radius 1 is 1.33 bits per heavy atom. The monoisotopic (exact) mass is 308 g/mol. The van der Waals surface area contributed by atoms with Crippen molar-refractivity contribution in [2.24, 2.45) is 0 Å². The second-order valence-corrected chi connectivity index (χ2v) is 6.36. The summed E-state index contributed by atoms with van der Waals surface area (Å²) >= 11 is 1.64. The van der Waals surface area contributed by atoms with Gasteiger partial charge in [-0.05, 0) is 32.2 Å². The maximum Gasteiger partial charge on any atom is 0.225 e. The third-order valence-electron chi connectivity index (χ3n) is 3.53. The van der Waals surface area contributed by atoms with E-state index in [0.29, 0.717) is 6.42 Å². The van der Waals surface area contributed by atoms with Crippen LogP contribution >= 0.6 is 11.8 Å². The van der Waals surface area contributed by atoms with E-state index in [1.54, 1.807) is 11.8 Å². The molecule has 0 saturated carbocycles. The number of carbonyl (C=O) groups is 1. The second-order valence-electron chi connectivity index (χ2n) is 5.52. The number of benzene rings is 1. The fourth-order valence-electron chi connectivity index (χ4n) is 2.69. The van der Waals surface area contributed by atoms with Crippen LogP contribution in [-0.4, -0.2) is 48.9 Å². The van der Waals surface area contributed by atoms with Gasteiger partial charge in [0.05, 0.1) is 17.9 Å². The zero-order valence-corrected chi connectivity index (χ0v) is 13.8. The van der Waals surface area contributed by atoms with Gasteiger partial charge >= 0.3 is 0 Å². The zero-order chi connectivity index (χ0) is 15.2. The van der Waals surface area contributed by atoms with Crippen LogP contribution in [0.1, 0.15) is 20.3 Å². The van der Waals surface area contributed by atoms with E-state index in [0.717, 1.165) is 30.2 Å². The van der Waals surface area contributed by atoms with E-state index in [-0.39, 0.29) is 18.1 Å². The number of rotatable bonds is 5. The molecule has 2 unspecified atom stereocenters. The average Bonchev–Trinajstić information content (AvgIpc) is 2.45. The molecule has 1 fully saturated rings. The Bertz CT molecular complexity index is 471. The van der Waals surface area contributed by atoms with Crippen molar-refractivity contribution in [3.05, 3.63) is 24.3 Å². The molecule has 2 atom stereocenters. The first kappa shape index (κ1) is 16.3. The van der Waals surface area contributed by atoms with Gasteiger partial charge in [-0.25, -0.2) is 0 Å². The summed E-state index contributed by atoms with van der Waals surface area (Å²) in [4.78, 5) is 15.5. The van der Waals surface area contributed by atoms with Gasteiger partial charge in [-0.3, -0.25) is 9.69 Å². The maximum atomic E-state index is 12.1. The molecule has 1 N–H and O–H groups in total. The second kappa shape index (κ2) is 7.82. The molecule has 1 aliphatic rings. The predicted octanol–water partition coefficient (Wildman–Crippen LogP) is 2.85. The lowest BCUT2D eigenvalue weighted by atomic mass is 10.2. The third-order valence-corrected chi connectivity index (χ3v) is 4.33. The van der Waals surface area contributed by atoms with Crippen LogP contribution < -0.4 is 5.32 Å². The molecule has 0 radical (unpaired) electrons. The van der Waals surface area contributed by atoms with Crippen molar-refractivity contribution in [2.45, 2.75) is 37.4 Å². The molecule has 0 spiro atoms. The minimum atomic E-state index is 0.0725. The Labute approximate surface area is 131 Å². The molecule has 1 aliphatic heterocycles. The van der Waals surface area contributed by atoms with Crippen LogP contribution in [0.3, 0.4) is 0 Å². The van der Waals surface area contributed by atoms with Crippen molar-refractivity contribution < 1.29 is 9.53 Å². The van der Waals surface area contributed by atoms with Crippen molar-refractivity contribution in [3.63, 3.8) is 0 Å². The minimum Gasteiger partial charge on any atom is -0.373 e. The molecule has 0 bridgehead atoms. The first-order valence-corrected chi connectivity index (χ1v) is 8.61. The summed E-state index contributed by atoms with van der Waals surface area (Å²) < 4.78 is 5.70. The van der Waals surface area contributed by atoms with Crippen LogP contribution in [0.5, 0.6) is 0 Å². The molecule has 1 aromatic rings. The molecule has 2 rings (SSSR count). The molecule has 21 heavy (non-hydrogen) atoms. The SMILES string of the molecule is CSc1ccccc1NC(=O)CCN1CC(C)OC(C)C1. The molecule has 1 amide bonds. The summed E-state index contributed by atoms with van der Waals surface area (Å²) in [5.41, 5.74) is 0.902. The lowest BCUT2D eigenvalue weighted by molar-refractivity contribution is -0.117. The van der Waals surface area contributed by atoms with Crippen molar-refractivity contribution in [3.8, 4) is 0 Å². The first-order chi connectivity index (χ1) is 10.1. The molecule has 4 nitrogen and oxygen atoms in total. The van der Waals surface area contributed by atoms with E-state index in [4.69, 9.17) is 4.74 Å². The Balaban J connectivity index is 1.82. The van der Waals surface area contributed by atoms with E-state index in [2.05, 4.69) is 24.1 Å². The van der Waals surface area contributed by atoms with Crippen molar-refractivity contribution in [1.82, 2.24) is 4.90 Å². The highest BCUT2D eigenvalue weighted by atomic mass is 32.2. The number of carbonyl (C=O) groups excluding carboxylic acids is 1. The van der Waals surface area contributed by atoms with Gasteiger partial charge in [-0.1, -0.05) is 12.1 Å². The number of amides is 1. The highest BCUT2D eigenvalue weighted by Gasteiger charge is 2.22. The Hall–Kier alpha value is -1.04. The lowest BCUT2D eigenvalue weighted by Crippen LogP contribution is -2.46. The van der Waals surface area contributed by atoms with Crippen molar-refractivity contribution >= 4 is 23.4 Å². The van der Waals surface area contributed by atoms with Gasteiger partial charge in [0.2, 0.25) is 5.91 Å². The van der Waals surface area contributed by atoms with E-state index >= 15 is 0 Å². The van der Waals surface area contributed by atoms with Gasteiger partial charge in [0, 0.05) is 31.0 Å². The molecular weight excluding hydrogens is 284 g/mol. The number of nitrogens with zero attached hydrogens (tertiary/aromatic N) is 1. The third kappa shape index (κ3) is 5.02. The minimum absolute atomic E-state index is 0.0725. The normalized spacial score (nSPS) is 23.0. The van der Waals surface area contributed by atoms with Crippen molar-refractivity contribution in [2.75, 3.05) is 31.2 Å². The van der Waals surface area contributed by atoms with Crippen LogP contribution in [0.2, 0.25) is 0 Å². The van der Waals surface area contributed by atoms with E-state index in [1.165, 1.54) is 0 Å². The maximum absolute atomic E-state index is 12.1. The highest BCUT2D eigenvalue weighted by molar-refractivity contribution is 7.98. The molecule has 1 aromatic carbocycles. The predicted molar refractivity (Wildman–Crippen MR) is 87.9 cm³/mol. The summed E-state index contributed by atoms with van der Waals surface area (Å²) in [5.74, 6) is 0.0725. The van der Waals surface area contributed by atoms with E-state index in [9.17, 15) is 4.79 Å². The van der Waals surface area contributed by atoms with E-state index in [1.807, 2.05) is 30.5 Å². The van der Waals surface area contributed by atoms with Gasteiger partial charge in [-0.15, -0.1) is 11.8 Å². The summed E-state index contributed by atoms with van der Waals surface area (Å²) in [7, 11) is 0. The summed E-state index contributed by atoms with van der Waals surface area (Å²) in [6.07, 6.45) is 3.02. The molecule has 0 aromatic heterocycles. The summed E-state index contributed by atoms with van der Waals surface area (Å²) in [5, 5.41) is 3.01. The number of hydrogen-bond acceptors (Lipinski definition) is 4. The van der Waals surface area contributed by atoms with E-state index < -0.39 is 0 Å². The number of hydrogen-bond donors (Lipinski definition) is 1. The number of anilines is 1. The molecule has 1 saturated heterocycles. The molecule has 0 aliphatic carbocycles. The summed E-state index contributed by atoms with van der Waals surface area (Å²) in [6.45, 7) is 6.75. The van der Waals surface area contributed by atoms with Gasteiger partial charge in [0.25, 0.3) is 0 Å².